The van der Waals surface area contributed by atoms with Crippen LogP contribution >= 0.6 is 43.2 Å². The standard InChI is InChI=1S/C9H9Br2NO2S/c10-7-1-4(8(11)15-7)5-2-12-3-6(5)9(13)14/h1,5-6,12H,2-3H2,(H,13,14). The molecule has 0 bridgehead atoms. The number of thiophene rings is 1. The molecule has 82 valence electrons. The molecule has 15 heavy (non-hydrogen) atoms. The van der Waals surface area contributed by atoms with E-state index < -0.39 is 5.97 Å². The van der Waals surface area contributed by atoms with E-state index in [1.54, 1.807) is 11.3 Å². The third-order valence-corrected chi connectivity index (χ3v) is 5.00. The fourth-order valence-electron chi connectivity index (χ4n) is 1.87. The molecular weight excluding hydrogens is 346 g/mol. The van der Waals surface area contributed by atoms with Crippen molar-refractivity contribution in [1.82, 2.24) is 5.32 Å². The molecule has 0 aliphatic carbocycles. The van der Waals surface area contributed by atoms with E-state index in [1.165, 1.54) is 0 Å². The number of nitrogens with one attached hydrogen (secondary N) is 1. The van der Waals surface area contributed by atoms with Crippen LogP contribution in [0.1, 0.15) is 11.5 Å². The Balaban J connectivity index is 2.30. The normalized spacial score (nSPS) is 25.7. The Bertz CT molecular complexity index is 393. The van der Waals surface area contributed by atoms with Gasteiger partial charge in [-0.1, -0.05) is 0 Å². The van der Waals surface area contributed by atoms with Gasteiger partial charge in [-0.05, 0) is 43.5 Å². The van der Waals surface area contributed by atoms with Gasteiger partial charge in [-0.2, -0.15) is 0 Å². The average molecular weight is 355 g/mol. The van der Waals surface area contributed by atoms with E-state index in [2.05, 4.69) is 37.2 Å². The molecule has 1 aliphatic heterocycles. The highest BCUT2D eigenvalue weighted by Crippen LogP contribution is 2.40. The van der Waals surface area contributed by atoms with Crippen LogP contribution in [0.5, 0.6) is 0 Å². The third kappa shape index (κ3) is 2.27. The molecular formula is C9H9Br2NO2S. The summed E-state index contributed by atoms with van der Waals surface area (Å²) in [6.45, 7) is 1.29. The zero-order chi connectivity index (χ0) is 11.0. The van der Waals surface area contributed by atoms with Crippen LogP contribution in [-0.4, -0.2) is 24.2 Å². The molecule has 1 aromatic rings. The monoisotopic (exact) mass is 353 g/mol. The van der Waals surface area contributed by atoms with Crippen LogP contribution < -0.4 is 5.32 Å². The molecule has 0 radical (unpaired) electrons. The van der Waals surface area contributed by atoms with E-state index in [0.29, 0.717) is 6.54 Å². The summed E-state index contributed by atoms with van der Waals surface area (Å²) in [7, 11) is 0. The molecule has 2 N–H and O–H groups in total. The van der Waals surface area contributed by atoms with Crippen molar-refractivity contribution in [1.29, 1.82) is 0 Å². The topological polar surface area (TPSA) is 49.3 Å². The van der Waals surface area contributed by atoms with Crippen LogP contribution in [0.25, 0.3) is 0 Å². The minimum absolute atomic E-state index is 0.0689. The van der Waals surface area contributed by atoms with Crippen LogP contribution in [0, 0.1) is 5.92 Å². The number of halogens is 2. The summed E-state index contributed by atoms with van der Waals surface area (Å²) in [5.74, 6) is -0.971. The lowest BCUT2D eigenvalue weighted by Gasteiger charge is -2.13. The van der Waals surface area contributed by atoms with Crippen LogP contribution in [0.15, 0.2) is 13.6 Å². The maximum absolute atomic E-state index is 11.0. The van der Waals surface area contributed by atoms with Gasteiger partial charge < -0.3 is 10.4 Å². The Labute approximate surface area is 108 Å². The number of hydrogen-bond donors (Lipinski definition) is 2. The smallest absolute Gasteiger partial charge is 0.308 e. The van der Waals surface area contributed by atoms with Gasteiger partial charge in [0.25, 0.3) is 0 Å². The SMILES string of the molecule is O=C(O)C1CNCC1c1cc(Br)sc1Br. The zero-order valence-corrected chi connectivity index (χ0v) is 11.7. The molecule has 1 fully saturated rings. The number of rotatable bonds is 2. The lowest BCUT2D eigenvalue weighted by Crippen LogP contribution is -2.20. The van der Waals surface area contributed by atoms with Crippen LogP contribution in [0.3, 0.4) is 0 Å². The van der Waals surface area contributed by atoms with Gasteiger partial charge in [0.2, 0.25) is 0 Å². The second-order valence-corrected chi connectivity index (χ2v) is 7.24. The number of carbonyl (C=O) groups is 1. The zero-order valence-electron chi connectivity index (χ0n) is 7.67. The molecule has 6 heteroatoms. The molecule has 2 heterocycles. The minimum atomic E-state index is -0.723. The van der Waals surface area contributed by atoms with Crippen molar-refractivity contribution in [2.45, 2.75) is 5.92 Å². The Morgan fingerprint density at radius 2 is 2.27 bits per heavy atom. The second-order valence-electron chi connectivity index (χ2n) is 3.49. The number of hydrogen-bond acceptors (Lipinski definition) is 3. The summed E-state index contributed by atoms with van der Waals surface area (Å²) >= 11 is 8.46. The number of carboxylic acids is 1. The first-order valence-electron chi connectivity index (χ1n) is 4.48. The van der Waals surface area contributed by atoms with Crippen molar-refractivity contribution < 1.29 is 9.90 Å². The van der Waals surface area contributed by atoms with Crippen molar-refractivity contribution in [3.63, 3.8) is 0 Å². The first kappa shape index (κ1) is 11.6. The van der Waals surface area contributed by atoms with Gasteiger partial charge in [0.15, 0.2) is 0 Å². The van der Waals surface area contributed by atoms with Gasteiger partial charge in [0, 0.05) is 19.0 Å². The van der Waals surface area contributed by atoms with Crippen LogP contribution in [0.4, 0.5) is 0 Å². The highest BCUT2D eigenvalue weighted by Gasteiger charge is 2.35. The molecule has 1 aromatic heterocycles. The Hall–Kier alpha value is 0.0900. The lowest BCUT2D eigenvalue weighted by molar-refractivity contribution is -0.141. The molecule has 1 saturated heterocycles. The molecule has 1 aliphatic rings. The molecule has 3 nitrogen and oxygen atoms in total. The number of aliphatic carboxylic acids is 1. The fourth-order valence-corrected chi connectivity index (χ4v) is 4.87. The summed E-state index contributed by atoms with van der Waals surface area (Å²) < 4.78 is 2.05. The van der Waals surface area contributed by atoms with Gasteiger partial charge in [0.05, 0.1) is 13.5 Å². The summed E-state index contributed by atoms with van der Waals surface area (Å²) in [4.78, 5) is 11.0. The van der Waals surface area contributed by atoms with Gasteiger partial charge in [0.1, 0.15) is 0 Å². The first-order chi connectivity index (χ1) is 7.09. The van der Waals surface area contributed by atoms with Crippen molar-refractivity contribution in [2.75, 3.05) is 13.1 Å². The third-order valence-electron chi connectivity index (χ3n) is 2.61. The highest BCUT2D eigenvalue weighted by molar-refractivity contribution is 9.12. The maximum atomic E-state index is 11.0. The molecule has 0 aromatic carbocycles. The Kier molecular flexibility index (Phi) is 3.49. The minimum Gasteiger partial charge on any atom is -0.481 e. The summed E-state index contributed by atoms with van der Waals surface area (Å²) in [5.41, 5.74) is 1.09. The van der Waals surface area contributed by atoms with Crippen molar-refractivity contribution >= 4 is 49.2 Å². The molecule has 0 saturated carbocycles. The van der Waals surface area contributed by atoms with E-state index in [-0.39, 0.29) is 11.8 Å². The van der Waals surface area contributed by atoms with Crippen LogP contribution in [0.2, 0.25) is 0 Å². The summed E-state index contributed by atoms with van der Waals surface area (Å²) in [6, 6.07) is 2.00. The van der Waals surface area contributed by atoms with Crippen molar-refractivity contribution in [2.24, 2.45) is 5.92 Å². The second kappa shape index (κ2) is 4.53. The van der Waals surface area contributed by atoms with E-state index in [0.717, 1.165) is 19.7 Å². The Morgan fingerprint density at radius 1 is 1.53 bits per heavy atom. The lowest BCUT2D eigenvalue weighted by atomic mass is 9.91. The van der Waals surface area contributed by atoms with Gasteiger partial charge in [-0.3, -0.25) is 4.79 Å². The van der Waals surface area contributed by atoms with Gasteiger partial charge in [-0.25, -0.2) is 0 Å². The average Bonchev–Trinajstić information content (AvgIpc) is 2.71. The predicted molar refractivity (Wildman–Crippen MR) is 66.5 cm³/mol. The largest absolute Gasteiger partial charge is 0.481 e. The molecule has 0 amide bonds. The van der Waals surface area contributed by atoms with Crippen molar-refractivity contribution in [3.05, 3.63) is 19.2 Å². The van der Waals surface area contributed by atoms with E-state index in [9.17, 15) is 4.79 Å². The van der Waals surface area contributed by atoms with Crippen LogP contribution in [-0.2, 0) is 4.79 Å². The molecule has 0 spiro atoms. The maximum Gasteiger partial charge on any atom is 0.308 e. The van der Waals surface area contributed by atoms with Gasteiger partial charge >= 0.3 is 5.97 Å². The Morgan fingerprint density at radius 3 is 2.80 bits per heavy atom. The first-order valence-corrected chi connectivity index (χ1v) is 6.88. The molecule has 2 rings (SSSR count). The highest BCUT2D eigenvalue weighted by atomic mass is 79.9. The molecule has 2 atom stereocenters. The summed E-state index contributed by atoms with van der Waals surface area (Å²) in [6.07, 6.45) is 0. The van der Waals surface area contributed by atoms with E-state index in [4.69, 9.17) is 5.11 Å². The molecule has 2 unspecified atom stereocenters. The van der Waals surface area contributed by atoms with E-state index >= 15 is 0 Å². The fraction of sp³-hybridized carbons (Fsp3) is 0.444. The predicted octanol–water partition coefficient (Wildman–Crippen LogP) is 2.66. The van der Waals surface area contributed by atoms with Crippen molar-refractivity contribution in [3.8, 4) is 0 Å². The summed E-state index contributed by atoms with van der Waals surface area (Å²) in [5, 5.41) is 12.2. The van der Waals surface area contributed by atoms with E-state index in [1.807, 2.05) is 6.07 Å². The quantitative estimate of drug-likeness (QED) is 0.858. The van der Waals surface area contributed by atoms with Gasteiger partial charge in [-0.15, -0.1) is 11.3 Å². The number of carboxylic acid groups (broad SMARTS) is 1.